The Kier molecular flexibility index (Phi) is 30.3. The van der Waals surface area contributed by atoms with E-state index >= 15 is 0 Å². The topological polar surface area (TPSA) is 190 Å². The van der Waals surface area contributed by atoms with E-state index in [4.69, 9.17) is 46.0 Å². The first-order valence-electron chi connectivity index (χ1n) is 1.70. The maximum absolute atomic E-state index is 8.36. The van der Waals surface area contributed by atoms with Crippen LogP contribution in [0.4, 0.5) is 0 Å². The van der Waals surface area contributed by atoms with Crippen molar-refractivity contribution in [3.05, 3.63) is 30.3 Å². The van der Waals surface area contributed by atoms with Crippen LogP contribution in [0.15, 0.2) is 0 Å². The molecule has 0 fully saturated rings. The Morgan fingerprint density at radius 1 is 0.692 bits per heavy atom. The molecule has 0 aliphatic carbocycles. The van der Waals surface area contributed by atoms with E-state index in [0.717, 1.165) is 0 Å². The molecule has 0 saturated heterocycles. The summed E-state index contributed by atoms with van der Waals surface area (Å²) < 4.78 is 0. The van der Waals surface area contributed by atoms with E-state index in [1.807, 2.05) is 0 Å². The fraction of sp³-hybridized carbons (Fsp3) is 0. The summed E-state index contributed by atoms with van der Waals surface area (Å²) in [5, 5.41) is 40.9. The van der Waals surface area contributed by atoms with Gasteiger partial charge in [-0.25, -0.2) is 0 Å². The monoisotopic (exact) mass is 342 g/mol. The van der Waals surface area contributed by atoms with Crippen LogP contribution in [-0.2, 0) is 0 Å². The zero-order valence-corrected chi connectivity index (χ0v) is 7.94. The van der Waals surface area contributed by atoms with Crippen molar-refractivity contribution >= 4 is 0 Å². The predicted molar refractivity (Wildman–Crippen MR) is 26.3 cm³/mol. The summed E-state index contributed by atoms with van der Waals surface area (Å²) in [6.07, 6.45) is 0. The first-order valence-corrected chi connectivity index (χ1v) is 1.70. The Labute approximate surface area is 110 Å². The van der Waals surface area contributed by atoms with Gasteiger partial charge >= 0.3 is 0 Å². The molecule has 0 aromatic heterocycles. The third kappa shape index (κ3) is 1420. The molecule has 1 radical (unpaired) electrons. The van der Waals surface area contributed by atoms with Crippen LogP contribution in [0.2, 0.25) is 0 Å². The molecule has 0 aromatic rings. The van der Waals surface area contributed by atoms with Crippen molar-refractivity contribution in [2.45, 2.75) is 0 Å². The van der Waals surface area contributed by atoms with Gasteiger partial charge < -0.3 is 15.6 Å². The average Bonchev–Trinajstić information content (AvgIpc) is 1.54. The van der Waals surface area contributed by atoms with Gasteiger partial charge in [0.15, 0.2) is 0 Å². The number of nitrogens with zero attached hydrogens (tertiary/aromatic N) is 3. The molecule has 3 N–H and O–H groups in total. The van der Waals surface area contributed by atoms with Gasteiger partial charge in [0.25, 0.3) is 15.3 Å². The van der Waals surface area contributed by atoms with Crippen LogP contribution >= 0.6 is 0 Å². The van der Waals surface area contributed by atoms with Crippen LogP contribution < -0.4 is 0 Å². The summed E-state index contributed by atoms with van der Waals surface area (Å²) in [7, 11) is 0. The maximum atomic E-state index is 8.36. The van der Waals surface area contributed by atoms with Gasteiger partial charge in [-0.3, -0.25) is 0 Å². The normalized spacial score (nSPS) is 5.54. The Morgan fingerprint density at radius 2 is 0.692 bits per heavy atom. The van der Waals surface area contributed by atoms with Crippen molar-refractivity contribution in [2.75, 3.05) is 0 Å². The second kappa shape index (κ2) is 17.3. The number of hydrogen-bond acceptors (Lipinski definition) is 6. The van der Waals surface area contributed by atoms with Gasteiger partial charge in [0.2, 0.25) is 0 Å². The molecule has 13 heavy (non-hydrogen) atoms. The molecule has 0 saturated carbocycles. The molecule has 0 atom stereocenters. The molecule has 13 heteroatoms. The van der Waals surface area contributed by atoms with Crippen molar-refractivity contribution in [1.82, 2.24) is 0 Å². The predicted octanol–water partition coefficient (Wildman–Crippen LogP) is -1.04. The van der Waals surface area contributed by atoms with Gasteiger partial charge in [0.05, 0.1) is 0 Å². The van der Waals surface area contributed by atoms with Gasteiger partial charge in [0, 0.05) is 49.4 Å². The molecule has 0 bridgehead atoms. The third-order valence-electron chi connectivity index (χ3n) is 0. The minimum atomic E-state index is -1.50. The maximum Gasteiger partial charge on any atom is 0.291 e. The van der Waals surface area contributed by atoms with E-state index in [-0.39, 0.29) is 49.4 Å². The van der Waals surface area contributed by atoms with Crippen molar-refractivity contribution in [3.63, 3.8) is 0 Å². The van der Waals surface area contributed by atoms with E-state index in [1.165, 1.54) is 0 Å². The van der Waals surface area contributed by atoms with Crippen LogP contribution in [0, 0.1) is 79.7 Å². The van der Waals surface area contributed by atoms with Gasteiger partial charge in [-0.1, -0.05) is 0 Å². The standard InChI is InChI=1S/Eu.3HNO3/c;3*2-1(3)4/h;3*(H,2,3,4). The zero-order chi connectivity index (χ0) is 10.7. The van der Waals surface area contributed by atoms with E-state index in [1.54, 1.807) is 0 Å². The van der Waals surface area contributed by atoms with Crippen LogP contribution in [0.3, 0.4) is 0 Å². The van der Waals surface area contributed by atoms with E-state index in [0.29, 0.717) is 0 Å². The molecular formula is H3EuN3O9. The zero-order valence-electron chi connectivity index (χ0n) is 5.51. The fourth-order valence-electron chi connectivity index (χ4n) is 0. The van der Waals surface area contributed by atoms with E-state index in [2.05, 4.69) is 0 Å². The molecule has 0 aromatic carbocycles. The second-order valence-electron chi connectivity index (χ2n) is 0.714. The molecule has 0 aliphatic heterocycles. The number of rotatable bonds is 0. The van der Waals surface area contributed by atoms with Crippen LogP contribution in [0.5, 0.6) is 0 Å². The molecule has 0 heterocycles. The summed E-state index contributed by atoms with van der Waals surface area (Å²) in [5.41, 5.74) is 0. The van der Waals surface area contributed by atoms with E-state index < -0.39 is 15.3 Å². The van der Waals surface area contributed by atoms with Gasteiger partial charge in [-0.15, -0.1) is 30.3 Å². The Bertz CT molecular complexity index is 112. The van der Waals surface area contributed by atoms with Crippen LogP contribution in [0.1, 0.15) is 0 Å². The molecule has 0 spiro atoms. The molecule has 0 amide bonds. The molecule has 0 aliphatic rings. The minimum absolute atomic E-state index is 0. The van der Waals surface area contributed by atoms with Gasteiger partial charge in [0.1, 0.15) is 0 Å². The number of hydrogen-bond donors (Lipinski definition) is 3. The summed E-state index contributed by atoms with van der Waals surface area (Å²) in [6.45, 7) is 0. The van der Waals surface area contributed by atoms with Crippen LogP contribution in [-0.4, -0.2) is 30.9 Å². The minimum Gasteiger partial charge on any atom is -0.328 e. The largest absolute Gasteiger partial charge is 0.328 e. The van der Waals surface area contributed by atoms with Crippen molar-refractivity contribution in [3.8, 4) is 0 Å². The van der Waals surface area contributed by atoms with Gasteiger partial charge in [-0.2, -0.15) is 0 Å². The first kappa shape index (κ1) is 22.8. The first-order chi connectivity index (χ1) is 5.20. The molecule has 79 valence electrons. The quantitative estimate of drug-likeness (QED) is 0.364. The molecular weight excluding hydrogens is 338 g/mol. The van der Waals surface area contributed by atoms with E-state index in [9.17, 15) is 0 Å². The second-order valence-corrected chi connectivity index (χ2v) is 0.714. The third-order valence-corrected chi connectivity index (χ3v) is 0. The smallest absolute Gasteiger partial charge is 0.291 e. The Morgan fingerprint density at radius 3 is 0.692 bits per heavy atom. The molecule has 0 rings (SSSR count). The average molecular weight is 341 g/mol. The fourth-order valence-corrected chi connectivity index (χ4v) is 0. The summed E-state index contributed by atoms with van der Waals surface area (Å²) in [4.78, 5) is 25.1. The molecule has 12 nitrogen and oxygen atoms in total. The Hall–Kier alpha value is -0.816. The summed E-state index contributed by atoms with van der Waals surface area (Å²) in [6, 6.07) is 0. The van der Waals surface area contributed by atoms with Gasteiger partial charge in [-0.05, 0) is 0 Å². The van der Waals surface area contributed by atoms with Crippen molar-refractivity contribution in [1.29, 1.82) is 0 Å². The van der Waals surface area contributed by atoms with Crippen molar-refractivity contribution in [2.24, 2.45) is 0 Å². The SMILES string of the molecule is O=[N+]([O-])O.O=[N+]([O-])O.O=[N+]([O-])O.[Eu]. The Balaban J connectivity index is -0.0000000450. The van der Waals surface area contributed by atoms with Crippen LogP contribution in [0.25, 0.3) is 0 Å². The molecule has 0 unspecified atom stereocenters. The summed E-state index contributed by atoms with van der Waals surface area (Å²) in [5.74, 6) is 0. The summed E-state index contributed by atoms with van der Waals surface area (Å²) >= 11 is 0. The van der Waals surface area contributed by atoms with Crippen molar-refractivity contribution < 1.29 is 80.3 Å².